The van der Waals surface area contributed by atoms with Crippen molar-refractivity contribution in [3.05, 3.63) is 38.0 Å². The second-order valence-electron chi connectivity index (χ2n) is 5.56. The van der Waals surface area contributed by atoms with Crippen molar-refractivity contribution >= 4 is 45.9 Å². The van der Waals surface area contributed by atoms with Crippen molar-refractivity contribution in [2.75, 3.05) is 16.8 Å². The largest absolute Gasteiger partial charge is 0.508 e. The third kappa shape index (κ3) is 2.80. The smallest absolute Gasteiger partial charge is 0.211 e. The van der Waals surface area contributed by atoms with Gasteiger partial charge in [-0.25, -0.2) is 9.98 Å². The Morgan fingerprint density at radius 2 is 2.08 bits per heavy atom. The summed E-state index contributed by atoms with van der Waals surface area (Å²) in [5, 5.41) is 33.9. The highest BCUT2D eigenvalue weighted by Gasteiger charge is 2.31. The zero-order chi connectivity index (χ0) is 19.0. The lowest BCUT2D eigenvalue weighted by atomic mass is 9.94. The number of aromatic nitrogens is 1. The van der Waals surface area contributed by atoms with Crippen LogP contribution in [-0.4, -0.2) is 16.1 Å². The van der Waals surface area contributed by atoms with Gasteiger partial charge < -0.3 is 21.9 Å². The molecule has 0 spiro atoms. The number of nitrogen functional groups attached to an aromatic ring is 2. The average molecular weight is 460 g/mol. The van der Waals surface area contributed by atoms with Crippen molar-refractivity contribution < 1.29 is 5.11 Å². The number of anilines is 3. The van der Waals surface area contributed by atoms with Gasteiger partial charge in [0.2, 0.25) is 5.96 Å². The second-order valence-corrected chi connectivity index (χ2v) is 6.72. The molecule has 7 N–H and O–H groups in total. The summed E-state index contributed by atoms with van der Waals surface area (Å²) >= 11 is 2.15. The molecule has 0 amide bonds. The first-order valence-corrected chi connectivity index (χ1v) is 8.43. The number of aromatic hydroxyl groups is 1. The molecule has 0 bridgehead atoms. The minimum Gasteiger partial charge on any atom is -0.508 e. The lowest BCUT2D eigenvalue weighted by Gasteiger charge is -2.26. The van der Waals surface area contributed by atoms with Crippen LogP contribution < -0.4 is 22.1 Å². The molecule has 0 aliphatic carbocycles. The molecule has 1 aliphatic heterocycles. The van der Waals surface area contributed by atoms with E-state index in [1.54, 1.807) is 18.3 Å². The second kappa shape index (κ2) is 6.57. The third-order valence-electron chi connectivity index (χ3n) is 3.96. The van der Waals surface area contributed by atoms with Crippen LogP contribution in [0.2, 0.25) is 0 Å². The van der Waals surface area contributed by atoms with Gasteiger partial charge in [-0.05, 0) is 47.2 Å². The number of nitrogens with two attached hydrogens (primary N) is 2. The fourth-order valence-corrected chi connectivity index (χ4v) is 3.20. The van der Waals surface area contributed by atoms with Crippen LogP contribution in [0.3, 0.4) is 0 Å². The molecule has 1 unspecified atom stereocenters. The van der Waals surface area contributed by atoms with E-state index in [0.717, 1.165) is 9.13 Å². The van der Waals surface area contributed by atoms with Gasteiger partial charge in [0.25, 0.3) is 0 Å². The molecule has 2 aromatic rings. The zero-order valence-corrected chi connectivity index (χ0v) is 15.7. The zero-order valence-electron chi connectivity index (χ0n) is 13.5. The average Bonchev–Trinajstić information content (AvgIpc) is 2.58. The number of pyridine rings is 1. The standard InChI is InChI=1S/C16H13IN8O/c1-6-2-10(26)7(3-9(6)17)13-11-12(20)8(4-18)14(21)24-15(11)25-16(23-13)22-5-19/h2-3,13,26H,1H3,(H6,20,21,22,23,24,25). The predicted octanol–water partition coefficient (Wildman–Crippen LogP) is 1.68. The maximum atomic E-state index is 10.5. The monoisotopic (exact) mass is 460 g/mol. The Morgan fingerprint density at radius 3 is 2.73 bits per heavy atom. The molecule has 0 saturated heterocycles. The molecule has 130 valence electrons. The van der Waals surface area contributed by atoms with E-state index in [0.29, 0.717) is 11.1 Å². The molecule has 1 aliphatic rings. The molecule has 2 heterocycles. The number of halogens is 1. The van der Waals surface area contributed by atoms with Crippen LogP contribution in [0.25, 0.3) is 0 Å². The number of phenols is 1. The first-order valence-electron chi connectivity index (χ1n) is 7.35. The van der Waals surface area contributed by atoms with Crippen molar-refractivity contribution in [3.63, 3.8) is 0 Å². The topological polar surface area (TPSA) is 169 Å². The van der Waals surface area contributed by atoms with Crippen molar-refractivity contribution in [2.45, 2.75) is 13.0 Å². The third-order valence-corrected chi connectivity index (χ3v) is 5.12. The number of phenolic OH excluding ortho intramolecular Hbond substituents is 1. The molecule has 9 nitrogen and oxygen atoms in total. The van der Waals surface area contributed by atoms with Crippen LogP contribution >= 0.6 is 22.6 Å². The minimum atomic E-state index is -0.767. The summed E-state index contributed by atoms with van der Waals surface area (Å²) in [5.41, 5.74) is 13.9. The molecule has 0 radical (unpaired) electrons. The van der Waals surface area contributed by atoms with Crippen molar-refractivity contribution in [2.24, 2.45) is 4.99 Å². The fraction of sp³-hybridized carbons (Fsp3) is 0.125. The summed E-state index contributed by atoms with van der Waals surface area (Å²) in [6.45, 7) is 1.87. The maximum Gasteiger partial charge on any atom is 0.211 e. The fourth-order valence-electron chi connectivity index (χ4n) is 2.71. The lowest BCUT2D eigenvalue weighted by Crippen LogP contribution is -2.32. The van der Waals surface area contributed by atoms with Crippen molar-refractivity contribution in [1.82, 2.24) is 10.3 Å². The van der Waals surface area contributed by atoms with E-state index in [-0.39, 0.29) is 34.6 Å². The van der Waals surface area contributed by atoms with E-state index in [9.17, 15) is 10.4 Å². The number of rotatable bonds is 1. The van der Waals surface area contributed by atoms with Gasteiger partial charge in [-0.15, -0.1) is 0 Å². The van der Waals surface area contributed by atoms with Crippen LogP contribution in [0.4, 0.5) is 17.3 Å². The quantitative estimate of drug-likeness (QED) is 0.243. The van der Waals surface area contributed by atoms with Gasteiger partial charge in [0.05, 0.1) is 5.69 Å². The van der Waals surface area contributed by atoms with E-state index in [1.165, 1.54) is 0 Å². The Morgan fingerprint density at radius 1 is 1.35 bits per heavy atom. The summed E-state index contributed by atoms with van der Waals surface area (Å²) in [4.78, 5) is 8.59. The number of benzene rings is 1. The first-order chi connectivity index (χ1) is 12.4. The van der Waals surface area contributed by atoms with Crippen LogP contribution in [0, 0.1) is 33.3 Å². The van der Waals surface area contributed by atoms with Gasteiger partial charge >= 0.3 is 0 Å². The summed E-state index contributed by atoms with van der Waals surface area (Å²) in [5.74, 6) is 0.397. The van der Waals surface area contributed by atoms with Crippen LogP contribution in [0.5, 0.6) is 5.75 Å². The molecule has 1 atom stereocenters. The Bertz CT molecular complexity index is 1030. The summed E-state index contributed by atoms with van der Waals surface area (Å²) < 4.78 is 0.919. The van der Waals surface area contributed by atoms with Gasteiger partial charge in [-0.3, -0.25) is 5.32 Å². The number of aliphatic imine (C=N–C) groups is 1. The number of nitrogens with one attached hydrogen (secondary N) is 2. The number of nitriles is 2. The normalized spacial score (nSPS) is 15.1. The highest BCUT2D eigenvalue weighted by atomic mass is 127. The maximum absolute atomic E-state index is 10.5. The lowest BCUT2D eigenvalue weighted by molar-refractivity contribution is 0.464. The number of nitrogens with zero attached hydrogens (tertiary/aromatic N) is 4. The molecule has 26 heavy (non-hydrogen) atoms. The molecule has 0 fully saturated rings. The van der Waals surface area contributed by atoms with Gasteiger partial charge in [-0.1, -0.05) is 0 Å². The van der Waals surface area contributed by atoms with Gasteiger partial charge in [0.1, 0.15) is 35.1 Å². The Kier molecular flexibility index (Phi) is 4.44. The van der Waals surface area contributed by atoms with E-state index in [1.807, 2.05) is 13.0 Å². The Labute approximate surface area is 162 Å². The molecular weight excluding hydrogens is 447 g/mol. The predicted molar refractivity (Wildman–Crippen MR) is 105 cm³/mol. The molecule has 3 rings (SSSR count). The van der Waals surface area contributed by atoms with E-state index in [2.05, 4.69) is 43.2 Å². The van der Waals surface area contributed by atoms with Gasteiger partial charge in [-0.2, -0.15) is 10.5 Å². The number of hydrogen-bond donors (Lipinski definition) is 5. The Hall–Kier alpha value is -3.25. The highest BCUT2D eigenvalue weighted by Crippen LogP contribution is 2.43. The molecule has 0 saturated carbocycles. The van der Waals surface area contributed by atoms with E-state index in [4.69, 9.17) is 16.7 Å². The van der Waals surface area contributed by atoms with Crippen LogP contribution in [0.15, 0.2) is 17.1 Å². The number of fused-ring (bicyclic) bond motifs is 1. The molecular formula is C16H13IN8O. The number of aryl methyl sites for hydroxylation is 1. The van der Waals surface area contributed by atoms with Gasteiger partial charge in [0.15, 0.2) is 6.19 Å². The summed E-state index contributed by atoms with van der Waals surface area (Å²) in [6, 6.07) is 4.57. The van der Waals surface area contributed by atoms with Gasteiger partial charge in [0, 0.05) is 14.7 Å². The Balaban J connectivity index is 2.30. The van der Waals surface area contributed by atoms with E-state index >= 15 is 0 Å². The van der Waals surface area contributed by atoms with Crippen molar-refractivity contribution in [1.29, 1.82) is 10.5 Å². The molecule has 1 aromatic heterocycles. The first kappa shape index (κ1) is 17.6. The van der Waals surface area contributed by atoms with Crippen LogP contribution in [0.1, 0.15) is 28.3 Å². The number of hydrogen-bond acceptors (Lipinski definition) is 9. The van der Waals surface area contributed by atoms with E-state index < -0.39 is 6.04 Å². The number of guanidine groups is 1. The summed E-state index contributed by atoms with van der Waals surface area (Å²) in [6.07, 6.45) is 1.78. The SMILES string of the molecule is Cc1cc(O)c(C2N=C(NC#N)Nc3nc(N)c(C#N)c(N)c32)cc1I. The molecule has 10 heteroatoms. The summed E-state index contributed by atoms with van der Waals surface area (Å²) in [7, 11) is 0. The minimum absolute atomic E-state index is 0.0237. The van der Waals surface area contributed by atoms with Crippen molar-refractivity contribution in [3.8, 4) is 18.0 Å². The van der Waals surface area contributed by atoms with Crippen LogP contribution in [-0.2, 0) is 0 Å². The highest BCUT2D eigenvalue weighted by molar-refractivity contribution is 14.1. The molecule has 1 aromatic carbocycles.